The van der Waals surface area contributed by atoms with Crippen LogP contribution >= 0.6 is 11.3 Å². The molecule has 0 spiro atoms. The van der Waals surface area contributed by atoms with Gasteiger partial charge in [-0.1, -0.05) is 18.2 Å². The van der Waals surface area contributed by atoms with E-state index in [1.807, 2.05) is 11.4 Å². The van der Waals surface area contributed by atoms with Crippen LogP contribution in [0.1, 0.15) is 46.6 Å². The van der Waals surface area contributed by atoms with Crippen molar-refractivity contribution >= 4 is 27.1 Å². The van der Waals surface area contributed by atoms with E-state index < -0.39 is 15.7 Å². The molecule has 198 valence electrons. The molecule has 2 aliphatic rings. The monoisotopic (exact) mass is 547 g/mol. The first-order chi connectivity index (χ1) is 17.9. The minimum absolute atomic E-state index is 0.0554. The Labute approximate surface area is 219 Å². The topological polar surface area (TPSA) is 90.7 Å². The Morgan fingerprint density at radius 2 is 1.84 bits per heavy atom. The third-order valence-electron chi connectivity index (χ3n) is 6.68. The minimum atomic E-state index is -3.85. The summed E-state index contributed by atoms with van der Waals surface area (Å²) in [5.74, 6) is -0.848. The van der Waals surface area contributed by atoms with Gasteiger partial charge in [-0.3, -0.25) is 4.79 Å². The maximum atomic E-state index is 13.5. The predicted octanol–water partition coefficient (Wildman–Crippen LogP) is 4.06. The molecule has 0 N–H and O–H groups in total. The number of hydrogen-bond acceptors (Lipinski definition) is 7. The van der Waals surface area contributed by atoms with Crippen molar-refractivity contribution in [2.45, 2.75) is 61.9 Å². The molecule has 11 heteroatoms. The third-order valence-corrected chi connectivity index (χ3v) is 9.13. The van der Waals surface area contributed by atoms with Crippen LogP contribution in [0.4, 0.5) is 4.39 Å². The van der Waals surface area contributed by atoms with Crippen LogP contribution < -0.4 is 0 Å². The standard InChI is InChI=1S/C26H30FN3O5S2/c27-20-9-7-19(8-10-20)18-37(32,33)26-28-14-21(30(26)17-23-5-2-12-35-23)15-29(16-22-4-1-11-34-22)25(31)24-6-3-13-36-24/h3,6-10,13-14,22-23H,1-2,4-5,11-12,15-18H2/t22-,23+/m1/s1. The maximum Gasteiger partial charge on any atom is 0.264 e. The van der Waals surface area contributed by atoms with Crippen LogP contribution in [0.5, 0.6) is 0 Å². The number of imidazole rings is 1. The smallest absolute Gasteiger partial charge is 0.264 e. The number of carbonyl (C=O) groups is 1. The van der Waals surface area contributed by atoms with E-state index in [2.05, 4.69) is 4.98 Å². The molecule has 0 aliphatic carbocycles. The normalized spacial score (nSPS) is 19.9. The Morgan fingerprint density at radius 3 is 2.49 bits per heavy atom. The summed E-state index contributed by atoms with van der Waals surface area (Å²) >= 11 is 1.37. The number of ether oxygens (including phenoxy) is 2. The summed E-state index contributed by atoms with van der Waals surface area (Å²) < 4.78 is 53.6. The van der Waals surface area contributed by atoms with E-state index in [4.69, 9.17) is 9.47 Å². The number of nitrogens with zero attached hydrogens (tertiary/aromatic N) is 3. The van der Waals surface area contributed by atoms with Gasteiger partial charge in [-0.15, -0.1) is 11.3 Å². The summed E-state index contributed by atoms with van der Waals surface area (Å²) in [6.45, 7) is 2.25. The van der Waals surface area contributed by atoms with Crippen molar-refractivity contribution in [3.63, 3.8) is 0 Å². The highest BCUT2D eigenvalue weighted by Crippen LogP contribution is 2.24. The van der Waals surface area contributed by atoms with E-state index in [-0.39, 0.29) is 35.6 Å². The fourth-order valence-corrected chi connectivity index (χ4v) is 7.02. The van der Waals surface area contributed by atoms with Gasteiger partial charge in [-0.25, -0.2) is 17.8 Å². The lowest BCUT2D eigenvalue weighted by molar-refractivity contribution is 0.0500. The highest BCUT2D eigenvalue weighted by molar-refractivity contribution is 7.90. The molecule has 5 rings (SSSR count). The number of hydrogen-bond donors (Lipinski definition) is 0. The van der Waals surface area contributed by atoms with Crippen molar-refractivity contribution in [3.8, 4) is 0 Å². The largest absolute Gasteiger partial charge is 0.376 e. The highest BCUT2D eigenvalue weighted by Gasteiger charge is 2.30. The fraction of sp³-hybridized carbons (Fsp3) is 0.462. The number of sulfone groups is 1. The van der Waals surface area contributed by atoms with Crippen LogP contribution in [0.2, 0.25) is 0 Å². The lowest BCUT2D eigenvalue weighted by Crippen LogP contribution is -2.37. The average Bonchev–Trinajstić information content (AvgIpc) is 3.69. The SMILES string of the molecule is O=C(c1cccs1)N(Cc1cnc(S(=O)(=O)Cc2ccc(F)cc2)n1C[C@@H]1CCCO1)C[C@H]1CCCO1. The molecule has 2 aliphatic heterocycles. The molecule has 2 saturated heterocycles. The van der Waals surface area contributed by atoms with Gasteiger partial charge in [-0.05, 0) is 54.8 Å². The van der Waals surface area contributed by atoms with E-state index in [1.165, 1.54) is 41.8 Å². The Balaban J connectivity index is 1.45. The van der Waals surface area contributed by atoms with Gasteiger partial charge in [0.2, 0.25) is 15.0 Å². The number of carbonyl (C=O) groups excluding carboxylic acids is 1. The van der Waals surface area contributed by atoms with Crippen molar-refractivity contribution in [2.75, 3.05) is 19.8 Å². The van der Waals surface area contributed by atoms with Gasteiger partial charge in [0.05, 0.1) is 47.8 Å². The molecule has 0 unspecified atom stereocenters. The molecule has 8 nitrogen and oxygen atoms in total. The zero-order valence-corrected chi connectivity index (χ0v) is 22.1. The second kappa shape index (κ2) is 11.4. The highest BCUT2D eigenvalue weighted by atomic mass is 32.2. The Morgan fingerprint density at radius 1 is 1.11 bits per heavy atom. The minimum Gasteiger partial charge on any atom is -0.376 e. The summed E-state index contributed by atoms with van der Waals surface area (Å²) in [5.41, 5.74) is 1.10. The lowest BCUT2D eigenvalue weighted by Gasteiger charge is -2.26. The van der Waals surface area contributed by atoms with Gasteiger partial charge in [0.15, 0.2) is 0 Å². The lowest BCUT2D eigenvalue weighted by atomic mass is 10.2. The van der Waals surface area contributed by atoms with Crippen molar-refractivity contribution < 1.29 is 27.1 Å². The molecular weight excluding hydrogens is 517 g/mol. The van der Waals surface area contributed by atoms with Crippen LogP contribution in [-0.2, 0) is 38.2 Å². The molecule has 0 saturated carbocycles. The molecule has 2 aromatic heterocycles. The second-order valence-corrected chi connectivity index (χ2v) is 12.3. The number of thiophene rings is 1. The van der Waals surface area contributed by atoms with Crippen LogP contribution in [0.25, 0.3) is 0 Å². The number of aromatic nitrogens is 2. The summed E-state index contributed by atoms with van der Waals surface area (Å²) in [6, 6.07) is 9.04. The first-order valence-electron chi connectivity index (χ1n) is 12.5. The molecule has 2 fully saturated rings. The first kappa shape index (κ1) is 26.0. The fourth-order valence-electron chi connectivity index (χ4n) is 4.82. The predicted molar refractivity (Wildman–Crippen MR) is 137 cm³/mol. The number of rotatable bonds is 10. The molecule has 2 atom stereocenters. The summed E-state index contributed by atoms with van der Waals surface area (Å²) in [6.07, 6.45) is 4.91. The third kappa shape index (κ3) is 6.28. The zero-order chi connectivity index (χ0) is 25.8. The Kier molecular flexibility index (Phi) is 8.04. The second-order valence-electron chi connectivity index (χ2n) is 9.46. The zero-order valence-electron chi connectivity index (χ0n) is 20.4. The van der Waals surface area contributed by atoms with Gasteiger partial charge in [0.1, 0.15) is 5.82 Å². The van der Waals surface area contributed by atoms with Crippen LogP contribution in [-0.4, -0.2) is 60.7 Å². The van der Waals surface area contributed by atoms with E-state index in [0.29, 0.717) is 42.4 Å². The quantitative estimate of drug-likeness (QED) is 0.380. The van der Waals surface area contributed by atoms with Gasteiger partial charge in [0.25, 0.3) is 5.91 Å². The molecular formula is C26H30FN3O5S2. The van der Waals surface area contributed by atoms with Gasteiger partial charge in [0, 0.05) is 19.8 Å². The summed E-state index contributed by atoms with van der Waals surface area (Å²) in [5, 5.41) is 1.79. The number of benzene rings is 1. The van der Waals surface area contributed by atoms with E-state index in [1.54, 1.807) is 15.5 Å². The Hall–Kier alpha value is -2.60. The van der Waals surface area contributed by atoms with Crippen molar-refractivity contribution in [2.24, 2.45) is 0 Å². The first-order valence-corrected chi connectivity index (χ1v) is 15.0. The number of amides is 1. The van der Waals surface area contributed by atoms with E-state index in [0.717, 1.165) is 25.7 Å². The van der Waals surface area contributed by atoms with Crippen LogP contribution in [0.15, 0.2) is 53.1 Å². The Bertz CT molecular complexity index is 1300. The van der Waals surface area contributed by atoms with E-state index >= 15 is 0 Å². The van der Waals surface area contributed by atoms with Gasteiger partial charge in [-0.2, -0.15) is 0 Å². The van der Waals surface area contributed by atoms with E-state index in [9.17, 15) is 17.6 Å². The van der Waals surface area contributed by atoms with Crippen molar-refractivity contribution in [1.82, 2.24) is 14.5 Å². The molecule has 1 amide bonds. The van der Waals surface area contributed by atoms with Crippen molar-refractivity contribution in [3.05, 3.63) is 69.9 Å². The van der Waals surface area contributed by atoms with Crippen LogP contribution in [0.3, 0.4) is 0 Å². The molecule has 1 aromatic carbocycles. The maximum absolute atomic E-state index is 13.5. The summed E-state index contributed by atoms with van der Waals surface area (Å²) in [4.78, 5) is 20.1. The molecule has 0 bridgehead atoms. The van der Waals surface area contributed by atoms with Crippen molar-refractivity contribution in [1.29, 1.82) is 0 Å². The van der Waals surface area contributed by atoms with Gasteiger partial charge < -0.3 is 18.9 Å². The molecule has 4 heterocycles. The molecule has 37 heavy (non-hydrogen) atoms. The van der Waals surface area contributed by atoms with Crippen LogP contribution in [0, 0.1) is 5.82 Å². The number of halogens is 1. The molecule has 0 radical (unpaired) electrons. The van der Waals surface area contributed by atoms with Gasteiger partial charge >= 0.3 is 0 Å². The summed E-state index contributed by atoms with van der Waals surface area (Å²) in [7, 11) is -3.85. The average molecular weight is 548 g/mol. The molecule has 3 aromatic rings.